The van der Waals surface area contributed by atoms with Crippen molar-refractivity contribution < 1.29 is 27.1 Å². The Bertz CT molecular complexity index is 1570. The largest absolute Gasteiger partial charge is 0.345 e. The summed E-state index contributed by atoms with van der Waals surface area (Å²) < 4.78 is 49.4. The molecule has 2 N–H and O–H groups in total. The first-order valence-electron chi connectivity index (χ1n) is 11.5. The Balaban J connectivity index is 1.43. The van der Waals surface area contributed by atoms with E-state index in [0.29, 0.717) is 22.6 Å². The molecule has 13 heteroatoms. The van der Waals surface area contributed by atoms with E-state index in [1.165, 1.54) is 24.4 Å². The summed E-state index contributed by atoms with van der Waals surface area (Å²) in [5, 5.41) is 2.48. The monoisotopic (exact) mass is 538 g/mol. The zero-order valence-electron chi connectivity index (χ0n) is 20.4. The van der Waals surface area contributed by atoms with Crippen molar-refractivity contribution in [1.82, 2.24) is 24.9 Å². The summed E-state index contributed by atoms with van der Waals surface area (Å²) in [6, 6.07) is 10.5. The van der Waals surface area contributed by atoms with Crippen molar-refractivity contribution in [2.24, 2.45) is 5.41 Å². The number of rotatable bonds is 6. The number of carbonyl (C=O) groups is 1. The molecular weight excluding hydrogens is 515 g/mol. The highest BCUT2D eigenvalue weighted by molar-refractivity contribution is 7.90. The number of imidazole rings is 1. The molecule has 4 aromatic rings. The van der Waals surface area contributed by atoms with Crippen LogP contribution in [-0.2, 0) is 24.1 Å². The Kier molecular flexibility index (Phi) is 6.73. The Labute approximate surface area is 217 Å². The maximum atomic E-state index is 13.6. The molecule has 0 bridgehead atoms. The Morgan fingerprint density at radius 3 is 2.39 bits per heavy atom. The maximum absolute atomic E-state index is 13.6. The minimum Gasteiger partial charge on any atom is -0.345 e. The maximum Gasteiger partial charge on any atom is 0.247 e. The molecule has 0 aliphatic carbocycles. The molecule has 0 atom stereocenters. The number of nitrogens with zero attached hydrogens (tertiary/aromatic N) is 4. The second-order valence-corrected chi connectivity index (χ2v) is 11.0. The lowest BCUT2D eigenvalue weighted by Crippen LogP contribution is -2.45. The first-order valence-corrected chi connectivity index (χ1v) is 13.4. The normalized spacial score (nSPS) is 19.7. The van der Waals surface area contributed by atoms with Gasteiger partial charge in [0.2, 0.25) is 27.2 Å². The van der Waals surface area contributed by atoms with Gasteiger partial charge in [0.15, 0.2) is 5.82 Å². The topological polar surface area (TPSA) is 149 Å². The van der Waals surface area contributed by atoms with Gasteiger partial charge in [-0.05, 0) is 49.4 Å². The molecule has 5 rings (SSSR count). The first kappa shape index (κ1) is 25.6. The number of pyridine rings is 1. The van der Waals surface area contributed by atoms with Gasteiger partial charge in [0, 0.05) is 36.1 Å². The number of hydrogen-bond donors (Lipinski definition) is 2. The lowest BCUT2D eigenvalue weighted by atomic mass is 9.91. The SMILES string of the molecule is CC1(C(=O)Nc2ccncc2)COC(c2nc(-c3ccc(F)cc3)c(-c3ccnc(S(C)(=O)=O)n3)[nH]2)OC1. The number of carbonyl (C=O) groups excluding carboxylic acids is 1. The van der Waals surface area contributed by atoms with Gasteiger partial charge in [-0.2, -0.15) is 0 Å². The number of H-pyrrole nitrogens is 1. The Morgan fingerprint density at radius 1 is 1.05 bits per heavy atom. The zero-order chi connectivity index (χ0) is 26.9. The van der Waals surface area contributed by atoms with Crippen LogP contribution in [0.1, 0.15) is 19.0 Å². The fraction of sp³-hybridized carbons (Fsp3) is 0.240. The van der Waals surface area contributed by atoms with Gasteiger partial charge in [-0.3, -0.25) is 9.78 Å². The third kappa shape index (κ3) is 5.30. The van der Waals surface area contributed by atoms with Gasteiger partial charge in [0.1, 0.15) is 5.82 Å². The molecule has 4 heterocycles. The van der Waals surface area contributed by atoms with Gasteiger partial charge in [-0.15, -0.1) is 0 Å². The van der Waals surface area contributed by atoms with Crippen molar-refractivity contribution in [3.05, 3.63) is 72.7 Å². The average molecular weight is 539 g/mol. The fourth-order valence-electron chi connectivity index (χ4n) is 3.78. The molecule has 1 aromatic carbocycles. The van der Waals surface area contributed by atoms with Crippen LogP contribution in [0.5, 0.6) is 0 Å². The van der Waals surface area contributed by atoms with Crippen molar-refractivity contribution in [2.75, 3.05) is 24.8 Å². The number of aromatic nitrogens is 5. The fourth-order valence-corrected chi connectivity index (χ4v) is 4.30. The van der Waals surface area contributed by atoms with Crippen LogP contribution < -0.4 is 5.32 Å². The van der Waals surface area contributed by atoms with Crippen LogP contribution in [0.15, 0.2) is 66.2 Å². The predicted molar refractivity (Wildman–Crippen MR) is 134 cm³/mol. The van der Waals surface area contributed by atoms with E-state index in [-0.39, 0.29) is 35.8 Å². The summed E-state index contributed by atoms with van der Waals surface area (Å²) in [5.41, 5.74) is 1.21. The second-order valence-electron chi connectivity index (χ2n) is 9.05. The van der Waals surface area contributed by atoms with E-state index in [4.69, 9.17) is 9.47 Å². The number of aromatic amines is 1. The van der Waals surface area contributed by atoms with Gasteiger partial charge in [0.05, 0.1) is 35.7 Å². The molecule has 11 nitrogen and oxygen atoms in total. The van der Waals surface area contributed by atoms with Crippen LogP contribution in [-0.4, -0.2) is 58.7 Å². The third-order valence-electron chi connectivity index (χ3n) is 5.88. The van der Waals surface area contributed by atoms with Crippen LogP contribution in [0.3, 0.4) is 0 Å². The van der Waals surface area contributed by atoms with E-state index < -0.39 is 27.4 Å². The number of halogens is 1. The van der Waals surface area contributed by atoms with Gasteiger partial charge < -0.3 is 19.8 Å². The number of nitrogens with one attached hydrogen (secondary N) is 2. The summed E-state index contributed by atoms with van der Waals surface area (Å²) in [4.78, 5) is 32.6. The van der Waals surface area contributed by atoms with E-state index in [1.54, 1.807) is 43.6 Å². The van der Waals surface area contributed by atoms with Gasteiger partial charge in [-0.25, -0.2) is 27.8 Å². The van der Waals surface area contributed by atoms with Crippen LogP contribution >= 0.6 is 0 Å². The third-order valence-corrected chi connectivity index (χ3v) is 6.74. The van der Waals surface area contributed by atoms with Gasteiger partial charge in [0.25, 0.3) is 0 Å². The smallest absolute Gasteiger partial charge is 0.247 e. The number of benzene rings is 1. The van der Waals surface area contributed by atoms with Gasteiger partial charge in [-0.1, -0.05) is 0 Å². The highest BCUT2D eigenvalue weighted by Crippen LogP contribution is 2.36. The lowest BCUT2D eigenvalue weighted by molar-refractivity contribution is -0.229. The Hall–Kier alpha value is -4.07. The standard InChI is InChI=1S/C25H23FN6O5S/c1-25(23(33)29-17-7-10-27-11-8-17)13-36-22(37-14-25)21-31-19(15-3-5-16(26)6-4-15)20(32-21)18-9-12-28-24(30-18)38(2,34)35/h3-12,22H,13-14H2,1-2H3,(H,31,32)(H,27,29,33). The van der Waals surface area contributed by atoms with E-state index in [1.807, 2.05) is 0 Å². The summed E-state index contributed by atoms with van der Waals surface area (Å²) in [6.07, 6.45) is 4.54. The molecule has 0 spiro atoms. The molecule has 1 saturated heterocycles. The number of hydrogen-bond acceptors (Lipinski definition) is 9. The second kappa shape index (κ2) is 10.0. The summed E-state index contributed by atoms with van der Waals surface area (Å²) in [5.74, 6) is -0.422. The highest BCUT2D eigenvalue weighted by Gasteiger charge is 2.41. The van der Waals surface area contributed by atoms with Crippen molar-refractivity contribution in [1.29, 1.82) is 0 Å². The molecule has 0 saturated carbocycles. The number of anilines is 1. The molecule has 1 amide bonds. The summed E-state index contributed by atoms with van der Waals surface area (Å²) >= 11 is 0. The molecule has 38 heavy (non-hydrogen) atoms. The number of amides is 1. The van der Waals surface area contributed by atoms with Crippen LogP contribution in [0.2, 0.25) is 0 Å². The summed E-state index contributed by atoms with van der Waals surface area (Å²) in [7, 11) is -3.67. The molecule has 0 unspecified atom stereocenters. The molecule has 196 valence electrons. The number of ether oxygens (including phenoxy) is 2. The van der Waals surface area contributed by atoms with E-state index in [2.05, 4.69) is 30.2 Å². The quantitative estimate of drug-likeness (QED) is 0.353. The molecule has 1 fully saturated rings. The van der Waals surface area contributed by atoms with Gasteiger partial charge >= 0.3 is 0 Å². The molecule has 1 aliphatic heterocycles. The van der Waals surface area contributed by atoms with E-state index >= 15 is 0 Å². The molecule has 3 aromatic heterocycles. The first-order chi connectivity index (χ1) is 18.1. The highest BCUT2D eigenvalue weighted by atomic mass is 32.2. The van der Waals surface area contributed by atoms with E-state index in [9.17, 15) is 17.6 Å². The lowest BCUT2D eigenvalue weighted by Gasteiger charge is -2.35. The minimum absolute atomic E-state index is 0.0439. The van der Waals surface area contributed by atoms with Crippen LogP contribution in [0, 0.1) is 11.2 Å². The van der Waals surface area contributed by atoms with Crippen molar-refractivity contribution in [3.63, 3.8) is 0 Å². The minimum atomic E-state index is -3.67. The number of sulfone groups is 1. The van der Waals surface area contributed by atoms with Crippen LogP contribution in [0.25, 0.3) is 22.6 Å². The zero-order valence-corrected chi connectivity index (χ0v) is 21.2. The average Bonchev–Trinajstić information content (AvgIpc) is 3.35. The van der Waals surface area contributed by atoms with Crippen molar-refractivity contribution >= 4 is 21.4 Å². The van der Waals surface area contributed by atoms with Crippen LogP contribution in [0.4, 0.5) is 10.1 Å². The summed E-state index contributed by atoms with van der Waals surface area (Å²) in [6.45, 7) is 1.81. The van der Waals surface area contributed by atoms with Crippen molar-refractivity contribution in [3.8, 4) is 22.6 Å². The predicted octanol–water partition coefficient (Wildman–Crippen LogP) is 3.16. The molecule has 0 radical (unpaired) electrons. The Morgan fingerprint density at radius 2 is 1.74 bits per heavy atom. The molecule has 1 aliphatic rings. The molecular formula is C25H23FN6O5S. The van der Waals surface area contributed by atoms with E-state index in [0.717, 1.165) is 6.26 Å². The van der Waals surface area contributed by atoms with Crippen molar-refractivity contribution in [2.45, 2.75) is 18.4 Å².